The molecule has 0 radical (unpaired) electrons. The van der Waals surface area contributed by atoms with Crippen molar-refractivity contribution < 1.29 is 32.6 Å². The van der Waals surface area contributed by atoms with Gasteiger partial charge in [0, 0.05) is 5.69 Å². The standard InChI is InChI=1S/C17H14F3N3O4/c1-27-14-7-10(5-6-13(14)24)9-21-23-16(26)15(25)22-12-4-2-3-11(8-12)17(18,19)20/h2-9,24H,1H3,(H,22,25)(H,23,26)/b21-9-. The topological polar surface area (TPSA) is 100 Å². The minimum atomic E-state index is -4.57. The van der Waals surface area contributed by atoms with E-state index >= 15 is 0 Å². The average molecular weight is 381 g/mol. The van der Waals surface area contributed by atoms with E-state index in [4.69, 9.17) is 4.74 Å². The van der Waals surface area contributed by atoms with Gasteiger partial charge in [-0.05, 0) is 42.0 Å². The van der Waals surface area contributed by atoms with Crippen LogP contribution in [-0.4, -0.2) is 30.2 Å². The van der Waals surface area contributed by atoms with Gasteiger partial charge < -0.3 is 15.2 Å². The van der Waals surface area contributed by atoms with Gasteiger partial charge in [0.1, 0.15) is 0 Å². The largest absolute Gasteiger partial charge is 0.504 e. The van der Waals surface area contributed by atoms with Crippen LogP contribution in [0.1, 0.15) is 11.1 Å². The lowest BCUT2D eigenvalue weighted by molar-refractivity contribution is -0.137. The van der Waals surface area contributed by atoms with Crippen molar-refractivity contribution in [3.63, 3.8) is 0 Å². The molecule has 0 fully saturated rings. The smallest absolute Gasteiger partial charge is 0.416 e. The molecule has 0 aromatic heterocycles. The lowest BCUT2D eigenvalue weighted by Gasteiger charge is -2.09. The molecule has 0 unspecified atom stereocenters. The summed E-state index contributed by atoms with van der Waals surface area (Å²) in [5.41, 5.74) is 1.26. The molecule has 2 aromatic carbocycles. The SMILES string of the molecule is COc1cc(/C=N\NC(=O)C(=O)Nc2cccc(C(F)(F)F)c2)ccc1O. The molecule has 0 heterocycles. The Bertz CT molecular complexity index is 882. The number of amides is 2. The quantitative estimate of drug-likeness (QED) is 0.430. The number of nitrogens with zero attached hydrogens (tertiary/aromatic N) is 1. The molecule has 0 aliphatic rings. The monoisotopic (exact) mass is 381 g/mol. The molecule has 142 valence electrons. The van der Waals surface area contributed by atoms with Crippen molar-refractivity contribution in [3.8, 4) is 11.5 Å². The van der Waals surface area contributed by atoms with Crippen molar-refractivity contribution in [2.24, 2.45) is 5.10 Å². The molecule has 0 aliphatic carbocycles. The fraction of sp³-hybridized carbons (Fsp3) is 0.118. The first-order valence-electron chi connectivity index (χ1n) is 7.39. The number of methoxy groups -OCH3 is 1. The zero-order valence-electron chi connectivity index (χ0n) is 13.9. The number of alkyl halides is 3. The zero-order valence-corrected chi connectivity index (χ0v) is 13.9. The van der Waals surface area contributed by atoms with Gasteiger partial charge in [0.2, 0.25) is 0 Å². The van der Waals surface area contributed by atoms with Crippen LogP contribution < -0.4 is 15.5 Å². The highest BCUT2D eigenvalue weighted by atomic mass is 19.4. The van der Waals surface area contributed by atoms with Gasteiger partial charge in [-0.15, -0.1) is 0 Å². The molecule has 0 bridgehead atoms. The number of rotatable bonds is 4. The van der Waals surface area contributed by atoms with Crippen LogP contribution in [0.3, 0.4) is 0 Å². The maximum Gasteiger partial charge on any atom is 0.416 e. The van der Waals surface area contributed by atoms with Gasteiger partial charge in [0.25, 0.3) is 0 Å². The molecule has 2 aromatic rings. The van der Waals surface area contributed by atoms with E-state index in [1.54, 1.807) is 0 Å². The maximum atomic E-state index is 12.6. The van der Waals surface area contributed by atoms with Crippen molar-refractivity contribution in [1.29, 1.82) is 0 Å². The maximum absolute atomic E-state index is 12.6. The van der Waals surface area contributed by atoms with Gasteiger partial charge in [-0.2, -0.15) is 18.3 Å². The van der Waals surface area contributed by atoms with E-state index < -0.39 is 23.6 Å². The summed E-state index contributed by atoms with van der Waals surface area (Å²) in [5.74, 6) is -2.25. The summed E-state index contributed by atoms with van der Waals surface area (Å²) < 4.78 is 42.8. The number of hydrazone groups is 1. The van der Waals surface area contributed by atoms with Crippen LogP contribution in [0, 0.1) is 0 Å². The molecule has 3 N–H and O–H groups in total. The first-order valence-corrected chi connectivity index (χ1v) is 7.39. The molecule has 0 saturated heterocycles. The third kappa shape index (κ3) is 5.46. The molecular weight excluding hydrogens is 367 g/mol. The van der Waals surface area contributed by atoms with Gasteiger partial charge >= 0.3 is 18.0 Å². The highest BCUT2D eigenvalue weighted by Crippen LogP contribution is 2.30. The number of phenols is 1. The summed E-state index contributed by atoms with van der Waals surface area (Å²) in [6, 6.07) is 8.13. The molecule has 0 aliphatic heterocycles. The van der Waals surface area contributed by atoms with Crippen LogP contribution in [0.15, 0.2) is 47.6 Å². The van der Waals surface area contributed by atoms with Crippen molar-refractivity contribution in [3.05, 3.63) is 53.6 Å². The number of nitrogens with one attached hydrogen (secondary N) is 2. The summed E-state index contributed by atoms with van der Waals surface area (Å²) >= 11 is 0. The Hall–Kier alpha value is -3.56. The Morgan fingerprint density at radius 1 is 1.15 bits per heavy atom. The van der Waals surface area contributed by atoms with Gasteiger partial charge in [-0.25, -0.2) is 5.43 Å². The van der Waals surface area contributed by atoms with E-state index in [9.17, 15) is 27.9 Å². The Balaban J connectivity index is 1.97. The molecule has 10 heteroatoms. The molecule has 0 atom stereocenters. The Morgan fingerprint density at radius 2 is 1.89 bits per heavy atom. The van der Waals surface area contributed by atoms with E-state index in [0.29, 0.717) is 11.6 Å². The number of phenolic OH excluding ortho intramolecular Hbond substituents is 1. The van der Waals surface area contributed by atoms with E-state index in [2.05, 4.69) is 10.4 Å². The van der Waals surface area contributed by atoms with Crippen LogP contribution in [0.25, 0.3) is 0 Å². The molecule has 0 spiro atoms. The molecule has 2 rings (SSSR count). The Kier molecular flexibility index (Phi) is 6.01. The van der Waals surface area contributed by atoms with Crippen LogP contribution >= 0.6 is 0 Å². The fourth-order valence-electron chi connectivity index (χ4n) is 1.95. The lowest BCUT2D eigenvalue weighted by atomic mass is 10.2. The summed E-state index contributed by atoms with van der Waals surface area (Å²) in [4.78, 5) is 23.4. The predicted octanol–water partition coefficient (Wildman–Crippen LogP) is 2.51. The molecule has 2 amide bonds. The van der Waals surface area contributed by atoms with Crippen LogP contribution in [-0.2, 0) is 15.8 Å². The van der Waals surface area contributed by atoms with E-state index in [0.717, 1.165) is 12.1 Å². The van der Waals surface area contributed by atoms with Crippen molar-refractivity contribution in [2.75, 3.05) is 12.4 Å². The number of halogens is 3. The van der Waals surface area contributed by atoms with E-state index in [1.807, 2.05) is 5.43 Å². The zero-order chi connectivity index (χ0) is 20.0. The highest BCUT2D eigenvalue weighted by Gasteiger charge is 2.30. The number of aromatic hydroxyl groups is 1. The second-order valence-corrected chi connectivity index (χ2v) is 5.16. The van der Waals surface area contributed by atoms with Crippen LogP contribution in [0.4, 0.5) is 18.9 Å². The number of ether oxygens (including phenoxy) is 1. The number of benzene rings is 2. The van der Waals surface area contributed by atoms with Gasteiger partial charge in [-0.3, -0.25) is 9.59 Å². The van der Waals surface area contributed by atoms with Gasteiger partial charge in [0.15, 0.2) is 11.5 Å². The Labute approximate surface area is 151 Å². The normalized spacial score (nSPS) is 11.3. The van der Waals surface area contributed by atoms with Gasteiger partial charge in [-0.1, -0.05) is 6.07 Å². The predicted molar refractivity (Wildman–Crippen MR) is 90.5 cm³/mol. The second-order valence-electron chi connectivity index (χ2n) is 5.16. The molecule has 27 heavy (non-hydrogen) atoms. The number of carbonyl (C=O) groups excluding carboxylic acids is 2. The average Bonchev–Trinajstić information content (AvgIpc) is 2.62. The number of hydrogen-bond acceptors (Lipinski definition) is 5. The van der Waals surface area contributed by atoms with Crippen LogP contribution in [0.2, 0.25) is 0 Å². The van der Waals surface area contributed by atoms with Crippen molar-refractivity contribution in [1.82, 2.24) is 5.43 Å². The van der Waals surface area contributed by atoms with Gasteiger partial charge in [0.05, 0.1) is 18.9 Å². The number of carbonyl (C=O) groups is 2. The van der Waals surface area contributed by atoms with E-state index in [-0.39, 0.29) is 17.2 Å². The number of hydrogen-bond donors (Lipinski definition) is 3. The Morgan fingerprint density at radius 3 is 2.56 bits per heavy atom. The molecular formula is C17H14F3N3O4. The first-order chi connectivity index (χ1) is 12.7. The van der Waals surface area contributed by atoms with Crippen molar-refractivity contribution >= 4 is 23.7 Å². The van der Waals surface area contributed by atoms with Crippen LogP contribution in [0.5, 0.6) is 11.5 Å². The van der Waals surface area contributed by atoms with E-state index in [1.165, 1.54) is 37.6 Å². The molecule has 0 saturated carbocycles. The minimum Gasteiger partial charge on any atom is -0.504 e. The highest BCUT2D eigenvalue weighted by molar-refractivity contribution is 6.39. The van der Waals surface area contributed by atoms with Crippen molar-refractivity contribution in [2.45, 2.75) is 6.18 Å². The summed E-state index contributed by atoms with van der Waals surface area (Å²) in [7, 11) is 1.36. The third-order valence-corrected chi connectivity index (χ3v) is 3.24. The third-order valence-electron chi connectivity index (χ3n) is 3.24. The summed E-state index contributed by atoms with van der Waals surface area (Å²) in [5, 5.41) is 15.1. The second kappa shape index (κ2) is 8.21. The molecule has 7 nitrogen and oxygen atoms in total. The number of anilines is 1. The first kappa shape index (κ1) is 19.8. The fourth-order valence-corrected chi connectivity index (χ4v) is 1.95. The minimum absolute atomic E-state index is 0.0841. The summed E-state index contributed by atoms with van der Waals surface area (Å²) in [6.45, 7) is 0. The lowest BCUT2D eigenvalue weighted by Crippen LogP contribution is -2.32. The summed E-state index contributed by atoms with van der Waals surface area (Å²) in [6.07, 6.45) is -3.38.